The molecular formula is C29H22N2O4S. The Balaban J connectivity index is 1.49. The first-order valence-electron chi connectivity index (χ1n) is 11.6. The summed E-state index contributed by atoms with van der Waals surface area (Å²) in [6, 6.07) is 23.7. The van der Waals surface area contributed by atoms with Gasteiger partial charge in [-0.2, -0.15) is 0 Å². The second-order valence-corrected chi connectivity index (χ2v) is 9.91. The molecule has 0 spiro atoms. The number of thiazole rings is 1. The maximum absolute atomic E-state index is 13.7. The molecule has 0 N–H and O–H groups in total. The second-order valence-electron chi connectivity index (χ2n) is 8.73. The number of carbonyl (C=O) groups excluding carboxylic acids is 1. The molecule has 1 atom stereocenters. The van der Waals surface area contributed by atoms with E-state index in [2.05, 4.69) is 4.98 Å². The number of benzene rings is 3. The number of nitrogens with zero attached hydrogens (tertiary/aromatic N) is 2. The third-order valence-electron chi connectivity index (χ3n) is 6.42. The molecule has 6 nitrogen and oxygen atoms in total. The lowest BCUT2D eigenvalue weighted by molar-refractivity contribution is 0.0971. The molecule has 0 fully saturated rings. The molecule has 3 heterocycles. The van der Waals surface area contributed by atoms with E-state index < -0.39 is 6.04 Å². The molecule has 0 bridgehead atoms. The Morgan fingerprint density at radius 2 is 1.75 bits per heavy atom. The van der Waals surface area contributed by atoms with E-state index in [0.29, 0.717) is 34.0 Å². The molecule has 1 amide bonds. The van der Waals surface area contributed by atoms with E-state index in [-0.39, 0.29) is 17.1 Å². The van der Waals surface area contributed by atoms with Crippen molar-refractivity contribution in [3.63, 3.8) is 0 Å². The predicted octanol–water partition coefficient (Wildman–Crippen LogP) is 6.20. The van der Waals surface area contributed by atoms with Crippen molar-refractivity contribution in [1.82, 2.24) is 4.98 Å². The molecular weight excluding hydrogens is 472 g/mol. The van der Waals surface area contributed by atoms with Gasteiger partial charge in [0, 0.05) is 4.88 Å². The number of carbonyl (C=O) groups is 1. The first kappa shape index (κ1) is 22.2. The SMILES string of the molecule is Cc1nc(N2C(=O)c3oc4ccccc4c(=O)c3[C@H]2c2cccc(OCc3ccccc3)c2)sc1C. The van der Waals surface area contributed by atoms with E-state index in [0.717, 1.165) is 21.7 Å². The second kappa shape index (κ2) is 8.77. The van der Waals surface area contributed by atoms with E-state index in [4.69, 9.17) is 9.15 Å². The van der Waals surface area contributed by atoms with E-state index >= 15 is 0 Å². The molecule has 0 unspecified atom stereocenters. The Labute approximate surface area is 211 Å². The van der Waals surface area contributed by atoms with Crippen LogP contribution in [0.3, 0.4) is 0 Å². The molecule has 0 saturated carbocycles. The number of aryl methyl sites for hydroxylation is 2. The van der Waals surface area contributed by atoms with Crippen molar-refractivity contribution in [3.05, 3.63) is 122 Å². The van der Waals surface area contributed by atoms with Crippen LogP contribution in [-0.4, -0.2) is 10.9 Å². The van der Waals surface area contributed by atoms with Crippen LogP contribution in [0.2, 0.25) is 0 Å². The van der Waals surface area contributed by atoms with Crippen LogP contribution >= 0.6 is 11.3 Å². The summed E-state index contributed by atoms with van der Waals surface area (Å²) in [5.74, 6) is 0.334. The molecule has 178 valence electrons. The molecule has 1 aliphatic rings. The summed E-state index contributed by atoms with van der Waals surface area (Å²) in [6.45, 7) is 4.29. The summed E-state index contributed by atoms with van der Waals surface area (Å²) >= 11 is 1.43. The number of hydrogen-bond acceptors (Lipinski definition) is 6. The topological polar surface area (TPSA) is 72.6 Å². The highest BCUT2D eigenvalue weighted by molar-refractivity contribution is 7.15. The Morgan fingerprint density at radius 3 is 2.53 bits per heavy atom. The highest BCUT2D eigenvalue weighted by atomic mass is 32.1. The van der Waals surface area contributed by atoms with Crippen LogP contribution in [0.15, 0.2) is 88.1 Å². The molecule has 0 aliphatic carbocycles. The maximum atomic E-state index is 13.7. The fourth-order valence-electron chi connectivity index (χ4n) is 4.51. The number of anilines is 1. The lowest BCUT2D eigenvalue weighted by Gasteiger charge is -2.23. The van der Waals surface area contributed by atoms with Crippen molar-refractivity contribution in [2.45, 2.75) is 26.5 Å². The summed E-state index contributed by atoms with van der Waals surface area (Å²) in [6.07, 6.45) is 0. The van der Waals surface area contributed by atoms with Crippen molar-refractivity contribution in [2.75, 3.05) is 4.90 Å². The number of fused-ring (bicyclic) bond motifs is 2. The minimum Gasteiger partial charge on any atom is -0.489 e. The number of hydrogen-bond donors (Lipinski definition) is 0. The molecule has 5 aromatic rings. The largest absolute Gasteiger partial charge is 0.489 e. The van der Waals surface area contributed by atoms with Gasteiger partial charge < -0.3 is 9.15 Å². The summed E-state index contributed by atoms with van der Waals surface area (Å²) in [5.41, 5.74) is 3.15. The third kappa shape index (κ3) is 3.69. The van der Waals surface area contributed by atoms with Crippen LogP contribution in [-0.2, 0) is 6.61 Å². The minimum atomic E-state index is -0.682. The number of aromatic nitrogens is 1. The number of para-hydroxylation sites is 1. The van der Waals surface area contributed by atoms with Crippen molar-refractivity contribution in [3.8, 4) is 5.75 Å². The van der Waals surface area contributed by atoms with Crippen LogP contribution in [0.4, 0.5) is 5.13 Å². The van der Waals surface area contributed by atoms with Gasteiger partial charge in [-0.25, -0.2) is 4.98 Å². The van der Waals surface area contributed by atoms with E-state index in [9.17, 15) is 9.59 Å². The molecule has 1 aliphatic heterocycles. The van der Waals surface area contributed by atoms with Crippen molar-refractivity contribution in [1.29, 1.82) is 0 Å². The van der Waals surface area contributed by atoms with E-state index in [1.54, 1.807) is 29.2 Å². The van der Waals surface area contributed by atoms with Crippen molar-refractivity contribution >= 4 is 33.3 Å². The zero-order valence-electron chi connectivity index (χ0n) is 19.7. The highest BCUT2D eigenvalue weighted by Gasteiger charge is 2.45. The van der Waals surface area contributed by atoms with Gasteiger partial charge in [0.05, 0.1) is 22.7 Å². The Morgan fingerprint density at radius 1 is 0.972 bits per heavy atom. The van der Waals surface area contributed by atoms with Gasteiger partial charge in [-0.05, 0) is 49.2 Å². The van der Waals surface area contributed by atoms with Gasteiger partial charge in [-0.1, -0.05) is 54.6 Å². The van der Waals surface area contributed by atoms with Crippen LogP contribution in [0.1, 0.15) is 43.9 Å². The molecule has 0 radical (unpaired) electrons. The zero-order chi connectivity index (χ0) is 24.8. The summed E-state index contributed by atoms with van der Waals surface area (Å²) in [5, 5.41) is 0.976. The van der Waals surface area contributed by atoms with Gasteiger partial charge in [0.1, 0.15) is 17.9 Å². The zero-order valence-corrected chi connectivity index (χ0v) is 20.5. The molecule has 3 aromatic carbocycles. The fourth-order valence-corrected chi connectivity index (χ4v) is 5.44. The Bertz CT molecular complexity index is 1650. The molecule has 0 saturated heterocycles. The molecule has 36 heavy (non-hydrogen) atoms. The normalized spacial score (nSPS) is 14.9. The van der Waals surface area contributed by atoms with E-state index in [1.165, 1.54) is 11.3 Å². The summed E-state index contributed by atoms with van der Waals surface area (Å²) in [4.78, 5) is 34.7. The average molecular weight is 495 g/mol. The van der Waals surface area contributed by atoms with Gasteiger partial charge >= 0.3 is 0 Å². The van der Waals surface area contributed by atoms with E-state index in [1.807, 2.05) is 68.4 Å². The van der Waals surface area contributed by atoms with Crippen LogP contribution in [0, 0.1) is 13.8 Å². The van der Waals surface area contributed by atoms with Gasteiger partial charge in [0.25, 0.3) is 5.91 Å². The number of ether oxygens (including phenoxy) is 1. The van der Waals surface area contributed by atoms with Gasteiger partial charge in [-0.15, -0.1) is 11.3 Å². The maximum Gasteiger partial charge on any atom is 0.297 e. The van der Waals surface area contributed by atoms with Crippen LogP contribution < -0.4 is 15.1 Å². The smallest absolute Gasteiger partial charge is 0.297 e. The lowest BCUT2D eigenvalue weighted by atomic mass is 9.98. The first-order valence-corrected chi connectivity index (χ1v) is 12.4. The molecule has 6 rings (SSSR count). The number of rotatable bonds is 5. The van der Waals surface area contributed by atoms with Gasteiger partial charge in [-0.3, -0.25) is 14.5 Å². The lowest BCUT2D eigenvalue weighted by Crippen LogP contribution is -2.29. The minimum absolute atomic E-state index is 0.0600. The van der Waals surface area contributed by atoms with Crippen molar-refractivity contribution in [2.24, 2.45) is 0 Å². The van der Waals surface area contributed by atoms with Gasteiger partial charge in [0.2, 0.25) is 5.76 Å². The Hall–Kier alpha value is -4.23. The average Bonchev–Trinajstić information content (AvgIpc) is 3.39. The first-order chi connectivity index (χ1) is 17.5. The predicted molar refractivity (Wildman–Crippen MR) is 140 cm³/mol. The third-order valence-corrected chi connectivity index (χ3v) is 7.50. The standard InChI is InChI=1S/C29H22N2O4S/c1-17-18(2)36-29(30-17)31-25(20-11-8-12-21(15-20)34-16-19-9-4-3-5-10-19)24-26(32)22-13-6-7-14-23(22)35-27(24)28(31)33/h3-15,25H,16H2,1-2H3/t25-/m1/s1. The molecule has 2 aromatic heterocycles. The number of amides is 1. The monoisotopic (exact) mass is 494 g/mol. The summed E-state index contributed by atoms with van der Waals surface area (Å²) < 4.78 is 12.1. The molecule has 7 heteroatoms. The van der Waals surface area contributed by atoms with Crippen molar-refractivity contribution < 1.29 is 13.9 Å². The highest BCUT2D eigenvalue weighted by Crippen LogP contribution is 2.43. The van der Waals surface area contributed by atoms with Crippen LogP contribution in [0.25, 0.3) is 11.0 Å². The van der Waals surface area contributed by atoms with Gasteiger partial charge in [0.15, 0.2) is 10.6 Å². The van der Waals surface area contributed by atoms with Crippen LogP contribution in [0.5, 0.6) is 5.75 Å². The Kier molecular flexibility index (Phi) is 5.42. The summed E-state index contributed by atoms with van der Waals surface area (Å²) in [7, 11) is 0. The quantitative estimate of drug-likeness (QED) is 0.291. The fraction of sp³-hybridized carbons (Fsp3) is 0.138.